The number of aromatic nitrogens is 1. The van der Waals surface area contributed by atoms with E-state index in [0.717, 1.165) is 10.7 Å². The molecule has 3 heteroatoms. The molecule has 2 nitrogen and oxygen atoms in total. The molecule has 2 aromatic carbocycles. The minimum Gasteiger partial charge on any atom is -0.376 e. The zero-order valence-electron chi connectivity index (χ0n) is 10.1. The summed E-state index contributed by atoms with van der Waals surface area (Å²) in [6.45, 7) is 2.14. The number of nitrogens with one attached hydrogen (secondary N) is 1. The molecule has 0 aliphatic heterocycles. The summed E-state index contributed by atoms with van der Waals surface area (Å²) in [5.74, 6) is 0. The highest BCUT2D eigenvalue weighted by Gasteiger charge is 2.09. The number of nitrogens with zero attached hydrogens (tertiary/aromatic N) is 1. The van der Waals surface area contributed by atoms with Crippen LogP contribution in [0.5, 0.6) is 0 Å². The van der Waals surface area contributed by atoms with Crippen LogP contribution in [-0.2, 0) is 0 Å². The molecule has 0 spiro atoms. The fourth-order valence-corrected chi connectivity index (χ4v) is 2.74. The zero-order valence-corrected chi connectivity index (χ0v) is 10.9. The van der Waals surface area contributed by atoms with E-state index in [2.05, 4.69) is 59.7 Å². The quantitative estimate of drug-likeness (QED) is 0.746. The first-order valence-electron chi connectivity index (χ1n) is 5.98. The topological polar surface area (TPSA) is 24.9 Å². The summed E-state index contributed by atoms with van der Waals surface area (Å²) in [6, 6.07) is 15.0. The minimum absolute atomic E-state index is 0.232. The van der Waals surface area contributed by atoms with Gasteiger partial charge in [-0.15, -0.1) is 11.3 Å². The maximum Gasteiger partial charge on any atom is 0.115 e. The Morgan fingerprint density at radius 3 is 2.78 bits per heavy atom. The Kier molecular flexibility index (Phi) is 2.99. The molecule has 0 saturated heterocycles. The van der Waals surface area contributed by atoms with E-state index in [0.29, 0.717) is 0 Å². The van der Waals surface area contributed by atoms with Crippen LogP contribution in [0.1, 0.15) is 18.0 Å². The first-order valence-corrected chi connectivity index (χ1v) is 6.86. The van der Waals surface area contributed by atoms with Crippen LogP contribution >= 0.6 is 11.3 Å². The fraction of sp³-hybridized carbons (Fsp3) is 0.133. The summed E-state index contributed by atoms with van der Waals surface area (Å²) in [7, 11) is 0. The number of thiazole rings is 1. The number of hydrogen-bond acceptors (Lipinski definition) is 3. The Balaban J connectivity index is 1.95. The molecule has 1 unspecified atom stereocenters. The van der Waals surface area contributed by atoms with Crippen molar-refractivity contribution in [1.82, 2.24) is 4.98 Å². The van der Waals surface area contributed by atoms with Crippen molar-refractivity contribution in [1.29, 1.82) is 0 Å². The van der Waals surface area contributed by atoms with Crippen LogP contribution in [0.2, 0.25) is 0 Å². The Morgan fingerprint density at radius 2 is 1.94 bits per heavy atom. The van der Waals surface area contributed by atoms with E-state index < -0.39 is 0 Å². The van der Waals surface area contributed by atoms with Crippen LogP contribution in [0.25, 0.3) is 10.8 Å². The molecule has 3 aromatic rings. The van der Waals surface area contributed by atoms with Crippen LogP contribution in [0.15, 0.2) is 54.0 Å². The highest BCUT2D eigenvalue weighted by molar-refractivity contribution is 7.09. The van der Waals surface area contributed by atoms with Gasteiger partial charge < -0.3 is 5.32 Å². The van der Waals surface area contributed by atoms with E-state index in [1.54, 1.807) is 11.3 Å². The van der Waals surface area contributed by atoms with E-state index in [-0.39, 0.29) is 6.04 Å². The van der Waals surface area contributed by atoms with Gasteiger partial charge in [0.1, 0.15) is 5.01 Å². The van der Waals surface area contributed by atoms with Crippen LogP contribution in [0.3, 0.4) is 0 Å². The molecule has 0 aliphatic carbocycles. The van der Waals surface area contributed by atoms with Crippen molar-refractivity contribution >= 4 is 27.8 Å². The summed E-state index contributed by atoms with van der Waals surface area (Å²) in [6.07, 6.45) is 1.85. The van der Waals surface area contributed by atoms with Gasteiger partial charge in [-0.1, -0.05) is 36.4 Å². The van der Waals surface area contributed by atoms with Gasteiger partial charge in [0.05, 0.1) is 6.04 Å². The smallest absolute Gasteiger partial charge is 0.115 e. The average Bonchev–Trinajstić information content (AvgIpc) is 2.93. The maximum absolute atomic E-state index is 4.35. The normalized spacial score (nSPS) is 12.5. The number of benzene rings is 2. The van der Waals surface area contributed by atoms with Crippen molar-refractivity contribution in [2.24, 2.45) is 0 Å². The van der Waals surface area contributed by atoms with Gasteiger partial charge in [-0.3, -0.25) is 0 Å². The summed E-state index contributed by atoms with van der Waals surface area (Å²) < 4.78 is 0. The van der Waals surface area contributed by atoms with Gasteiger partial charge in [0.2, 0.25) is 0 Å². The number of hydrogen-bond donors (Lipinski definition) is 1. The largest absolute Gasteiger partial charge is 0.376 e. The molecule has 1 N–H and O–H groups in total. The molecule has 0 aliphatic rings. The number of anilines is 1. The molecule has 3 rings (SSSR count). The molecule has 0 bridgehead atoms. The summed E-state index contributed by atoms with van der Waals surface area (Å²) in [5.41, 5.74) is 1.16. The number of fused-ring (bicyclic) bond motifs is 1. The molecule has 0 saturated carbocycles. The van der Waals surface area contributed by atoms with Crippen molar-refractivity contribution in [3.05, 3.63) is 59.0 Å². The maximum atomic E-state index is 4.35. The first-order chi connectivity index (χ1) is 8.84. The monoisotopic (exact) mass is 254 g/mol. The van der Waals surface area contributed by atoms with E-state index in [9.17, 15) is 0 Å². The first kappa shape index (κ1) is 11.2. The lowest BCUT2D eigenvalue weighted by Gasteiger charge is -2.14. The van der Waals surface area contributed by atoms with Gasteiger partial charge in [-0.2, -0.15) is 0 Å². The van der Waals surface area contributed by atoms with Gasteiger partial charge in [0, 0.05) is 22.7 Å². The highest BCUT2D eigenvalue weighted by Crippen LogP contribution is 2.27. The van der Waals surface area contributed by atoms with Gasteiger partial charge in [-0.25, -0.2) is 4.98 Å². The Morgan fingerprint density at radius 1 is 1.11 bits per heavy atom. The average molecular weight is 254 g/mol. The Labute approximate surface area is 110 Å². The second-order valence-electron chi connectivity index (χ2n) is 4.26. The van der Waals surface area contributed by atoms with Crippen molar-refractivity contribution in [2.75, 3.05) is 5.32 Å². The predicted octanol–water partition coefficient (Wildman–Crippen LogP) is 4.47. The predicted molar refractivity (Wildman–Crippen MR) is 78.1 cm³/mol. The zero-order chi connectivity index (χ0) is 12.4. The fourth-order valence-electron chi connectivity index (χ4n) is 2.09. The van der Waals surface area contributed by atoms with Crippen molar-refractivity contribution < 1.29 is 0 Å². The van der Waals surface area contributed by atoms with Crippen LogP contribution < -0.4 is 5.32 Å². The van der Waals surface area contributed by atoms with Crippen molar-refractivity contribution in [2.45, 2.75) is 13.0 Å². The third-order valence-corrected chi connectivity index (χ3v) is 3.94. The van der Waals surface area contributed by atoms with Gasteiger partial charge >= 0.3 is 0 Å². The van der Waals surface area contributed by atoms with Gasteiger partial charge in [0.25, 0.3) is 0 Å². The second kappa shape index (κ2) is 4.78. The molecule has 18 heavy (non-hydrogen) atoms. The summed E-state index contributed by atoms with van der Waals surface area (Å²) >= 11 is 1.68. The summed E-state index contributed by atoms with van der Waals surface area (Å²) in [4.78, 5) is 4.35. The van der Waals surface area contributed by atoms with Crippen LogP contribution in [0, 0.1) is 0 Å². The van der Waals surface area contributed by atoms with Gasteiger partial charge in [-0.05, 0) is 18.4 Å². The summed E-state index contributed by atoms with van der Waals surface area (Å²) in [5, 5.41) is 9.17. The van der Waals surface area contributed by atoms with Crippen LogP contribution in [-0.4, -0.2) is 4.98 Å². The molecule has 1 aromatic heterocycles. The second-order valence-corrected chi connectivity index (χ2v) is 5.19. The van der Waals surface area contributed by atoms with Gasteiger partial charge in [0.15, 0.2) is 0 Å². The lowest BCUT2D eigenvalue weighted by molar-refractivity contribution is 0.872. The van der Waals surface area contributed by atoms with E-state index in [1.165, 1.54) is 10.8 Å². The third kappa shape index (κ3) is 2.09. The molecule has 1 atom stereocenters. The third-order valence-electron chi connectivity index (χ3n) is 2.98. The standard InChI is InChI=1S/C15H14N2S/c1-11(15-16-9-10-18-15)17-14-8-4-6-12-5-2-3-7-13(12)14/h2-11,17H,1H3. The molecule has 0 radical (unpaired) electrons. The van der Waals surface area contributed by atoms with Crippen molar-refractivity contribution in [3.8, 4) is 0 Å². The SMILES string of the molecule is CC(Nc1cccc2ccccc12)c1nccs1. The molecule has 0 fully saturated rings. The molecule has 90 valence electrons. The molecular formula is C15H14N2S. The van der Waals surface area contributed by atoms with E-state index in [4.69, 9.17) is 0 Å². The molecule has 0 amide bonds. The van der Waals surface area contributed by atoms with E-state index in [1.807, 2.05) is 11.6 Å². The molecular weight excluding hydrogens is 240 g/mol. The molecule has 1 heterocycles. The highest BCUT2D eigenvalue weighted by atomic mass is 32.1. The Hall–Kier alpha value is -1.87. The lowest BCUT2D eigenvalue weighted by atomic mass is 10.1. The minimum atomic E-state index is 0.232. The van der Waals surface area contributed by atoms with E-state index >= 15 is 0 Å². The van der Waals surface area contributed by atoms with Crippen molar-refractivity contribution in [3.63, 3.8) is 0 Å². The van der Waals surface area contributed by atoms with Crippen LogP contribution in [0.4, 0.5) is 5.69 Å². The Bertz CT molecular complexity index is 641. The lowest BCUT2D eigenvalue weighted by Crippen LogP contribution is -2.06. The number of rotatable bonds is 3.